The molecule has 1 aromatic carbocycles. The Balaban J connectivity index is 1.33. The number of piperidine rings is 1. The lowest BCUT2D eigenvalue weighted by Gasteiger charge is -2.36. The second-order valence-corrected chi connectivity index (χ2v) is 11.1. The van der Waals surface area contributed by atoms with Crippen molar-refractivity contribution >= 4 is 46.5 Å². The first kappa shape index (κ1) is 31.8. The summed E-state index contributed by atoms with van der Waals surface area (Å²) in [5.41, 5.74) is 8.75. The number of carbonyl (C=O) groups is 3. The molecular weight excluding hydrogens is 590 g/mol. The van der Waals surface area contributed by atoms with E-state index >= 15 is 0 Å². The van der Waals surface area contributed by atoms with Crippen LogP contribution in [0.5, 0.6) is 5.75 Å². The highest BCUT2D eigenvalue weighted by Gasteiger charge is 2.25. The number of benzene rings is 1. The predicted molar refractivity (Wildman–Crippen MR) is 171 cm³/mol. The summed E-state index contributed by atoms with van der Waals surface area (Å²) in [5.74, 6) is -0.0124. The number of nitrogens with two attached hydrogens (primary N) is 1. The number of nitrogens with zero attached hydrogens (tertiary/aromatic N) is 8. The summed E-state index contributed by atoms with van der Waals surface area (Å²) in [6, 6.07) is 5.82. The molecular formula is C31H37N11O4. The molecule has 46 heavy (non-hydrogen) atoms. The van der Waals surface area contributed by atoms with Crippen LogP contribution in [0, 0.1) is 18.3 Å². The van der Waals surface area contributed by atoms with Gasteiger partial charge < -0.3 is 35.8 Å². The Morgan fingerprint density at radius 1 is 1.15 bits per heavy atom. The number of aryl methyl sites for hydroxylation is 1. The molecule has 3 amide bonds. The molecule has 0 bridgehead atoms. The zero-order valence-corrected chi connectivity index (χ0v) is 25.9. The molecule has 4 heterocycles. The Bertz CT molecular complexity index is 1670. The molecule has 2 fully saturated rings. The molecule has 2 aromatic heterocycles. The highest BCUT2D eigenvalue weighted by atomic mass is 16.5. The van der Waals surface area contributed by atoms with Crippen molar-refractivity contribution in [3.8, 4) is 11.8 Å². The average molecular weight is 628 g/mol. The Morgan fingerprint density at radius 2 is 1.93 bits per heavy atom. The van der Waals surface area contributed by atoms with Gasteiger partial charge in [0.05, 0.1) is 36.8 Å². The van der Waals surface area contributed by atoms with Gasteiger partial charge in [0.1, 0.15) is 23.6 Å². The molecule has 2 saturated heterocycles. The Kier molecular flexibility index (Phi) is 9.65. The number of piperazine rings is 1. The Morgan fingerprint density at radius 3 is 2.63 bits per heavy atom. The molecule has 1 atom stereocenters. The van der Waals surface area contributed by atoms with Crippen LogP contribution in [0.15, 0.2) is 43.4 Å². The first-order valence-electron chi connectivity index (χ1n) is 15.0. The molecule has 240 valence electrons. The van der Waals surface area contributed by atoms with Crippen molar-refractivity contribution in [2.24, 2.45) is 5.73 Å². The fraction of sp³-hybridized carbons (Fsp3) is 0.387. The van der Waals surface area contributed by atoms with Crippen LogP contribution in [0.2, 0.25) is 0 Å². The molecule has 0 saturated carbocycles. The summed E-state index contributed by atoms with van der Waals surface area (Å²) in [4.78, 5) is 51.0. The molecule has 15 nitrogen and oxygen atoms in total. The highest BCUT2D eigenvalue weighted by Crippen LogP contribution is 2.36. The van der Waals surface area contributed by atoms with E-state index in [1.165, 1.54) is 12.3 Å². The quantitative estimate of drug-likeness (QED) is 0.280. The summed E-state index contributed by atoms with van der Waals surface area (Å²) in [6.45, 7) is 9.00. The van der Waals surface area contributed by atoms with Crippen LogP contribution < -0.4 is 26.0 Å². The normalized spacial score (nSPS) is 16.4. The number of likely N-dealkylation sites (tertiary alicyclic amines) is 1. The number of anilines is 5. The number of primary amides is 1. The number of nitrogens with one attached hydrogen (secondary N) is 2. The third kappa shape index (κ3) is 7.01. The lowest BCUT2D eigenvalue weighted by Crippen LogP contribution is -2.48. The number of nitriles is 1. The third-order valence-electron chi connectivity index (χ3n) is 8.14. The van der Waals surface area contributed by atoms with Crippen molar-refractivity contribution in [1.29, 1.82) is 5.26 Å². The second-order valence-electron chi connectivity index (χ2n) is 11.1. The number of methoxy groups -OCH3 is 1. The molecule has 4 N–H and O–H groups in total. The van der Waals surface area contributed by atoms with Crippen LogP contribution in [-0.2, 0) is 9.59 Å². The maximum absolute atomic E-state index is 12.3. The number of hydrogen-bond acceptors (Lipinski definition) is 11. The van der Waals surface area contributed by atoms with Gasteiger partial charge >= 0.3 is 0 Å². The summed E-state index contributed by atoms with van der Waals surface area (Å²) < 4.78 is 7.55. The number of rotatable bonds is 10. The van der Waals surface area contributed by atoms with E-state index in [0.29, 0.717) is 56.4 Å². The van der Waals surface area contributed by atoms with E-state index < -0.39 is 5.91 Å². The second kappa shape index (κ2) is 14.0. The molecule has 0 unspecified atom stereocenters. The summed E-state index contributed by atoms with van der Waals surface area (Å²) in [6.07, 6.45) is 7.79. The Hall–Kier alpha value is -5.65. The molecule has 15 heteroatoms. The van der Waals surface area contributed by atoms with Gasteiger partial charge in [0.15, 0.2) is 0 Å². The van der Waals surface area contributed by atoms with Crippen LogP contribution in [0.3, 0.4) is 0 Å². The molecule has 2 aliphatic rings. The fourth-order valence-corrected chi connectivity index (χ4v) is 5.70. The lowest BCUT2D eigenvalue weighted by atomic mass is 10.1. The van der Waals surface area contributed by atoms with Gasteiger partial charge in [-0.1, -0.05) is 6.58 Å². The number of carbonyl (C=O) groups excluding carboxylic acids is 3. The van der Waals surface area contributed by atoms with E-state index in [9.17, 15) is 14.4 Å². The summed E-state index contributed by atoms with van der Waals surface area (Å²) >= 11 is 0. The van der Waals surface area contributed by atoms with E-state index in [1.54, 1.807) is 23.1 Å². The topological polar surface area (TPSA) is 188 Å². The van der Waals surface area contributed by atoms with Crippen molar-refractivity contribution in [2.75, 3.05) is 61.9 Å². The van der Waals surface area contributed by atoms with Gasteiger partial charge in [-0.15, -0.1) is 0 Å². The minimum Gasteiger partial charge on any atom is -0.494 e. The van der Waals surface area contributed by atoms with Gasteiger partial charge in [-0.05, 0) is 37.5 Å². The zero-order chi connectivity index (χ0) is 32.8. The van der Waals surface area contributed by atoms with Crippen molar-refractivity contribution in [2.45, 2.75) is 32.2 Å². The SMILES string of the molecule is C=CC(=O)N1CCC[C@H](n2cc(Nc3ncc(C(N)=O)c(Nc4c(C)cc(N5CCN(C(=O)CC#N)CC5)cc4OC)n3)cn2)C1. The Labute approximate surface area is 266 Å². The van der Waals surface area contributed by atoms with Crippen molar-refractivity contribution in [3.63, 3.8) is 0 Å². The van der Waals surface area contributed by atoms with Crippen LogP contribution in [0.1, 0.15) is 41.2 Å². The smallest absolute Gasteiger partial charge is 0.254 e. The van der Waals surface area contributed by atoms with E-state index in [4.69, 9.17) is 15.7 Å². The molecule has 5 rings (SSSR count). The fourth-order valence-electron chi connectivity index (χ4n) is 5.70. The van der Waals surface area contributed by atoms with Crippen LogP contribution in [-0.4, -0.2) is 93.6 Å². The van der Waals surface area contributed by atoms with Gasteiger partial charge in [-0.25, -0.2) is 4.98 Å². The molecule has 3 aromatic rings. The lowest BCUT2D eigenvalue weighted by molar-refractivity contribution is -0.130. The van der Waals surface area contributed by atoms with E-state index in [1.807, 2.05) is 36.0 Å². The van der Waals surface area contributed by atoms with Gasteiger partial charge in [0.2, 0.25) is 17.8 Å². The first-order valence-corrected chi connectivity index (χ1v) is 15.0. The molecule has 0 radical (unpaired) electrons. The summed E-state index contributed by atoms with van der Waals surface area (Å²) in [7, 11) is 1.56. The van der Waals surface area contributed by atoms with Crippen molar-refractivity contribution < 1.29 is 19.1 Å². The first-order chi connectivity index (χ1) is 22.2. The van der Waals surface area contributed by atoms with E-state index in [2.05, 4.69) is 37.2 Å². The zero-order valence-electron chi connectivity index (χ0n) is 25.9. The standard InChI is InChI=1S/C31H37N11O4/c1-4-26(43)41-9-5-6-22(19-41)42-18-21(16-35-42)36-31-34-17-24(29(33)45)30(38-31)37-28-20(2)14-23(15-25(28)46-3)39-10-12-40(13-11-39)27(44)7-8-32/h4,14-18,22H,1,5-7,9-13,19H2,2-3H3,(H2,33,45)(H2,34,36,37,38)/t22-/m0/s1. The highest BCUT2D eigenvalue weighted by molar-refractivity contribution is 5.98. The number of ether oxygens (including phenoxy) is 1. The maximum Gasteiger partial charge on any atom is 0.254 e. The monoisotopic (exact) mass is 627 g/mol. The van der Waals surface area contributed by atoms with Gasteiger partial charge in [-0.3, -0.25) is 19.1 Å². The molecule has 2 aliphatic heterocycles. The number of aromatic nitrogens is 4. The molecule has 0 aliphatic carbocycles. The van der Waals surface area contributed by atoms with Crippen LogP contribution in [0.4, 0.5) is 28.8 Å². The average Bonchev–Trinajstić information content (AvgIpc) is 3.53. The predicted octanol–water partition coefficient (Wildman–Crippen LogP) is 2.49. The van der Waals surface area contributed by atoms with Gasteiger partial charge in [0.25, 0.3) is 5.91 Å². The van der Waals surface area contributed by atoms with Crippen LogP contribution >= 0.6 is 0 Å². The number of hydrogen-bond donors (Lipinski definition) is 3. The summed E-state index contributed by atoms with van der Waals surface area (Å²) in [5, 5.41) is 19.7. The van der Waals surface area contributed by atoms with E-state index in [0.717, 1.165) is 24.1 Å². The largest absolute Gasteiger partial charge is 0.494 e. The van der Waals surface area contributed by atoms with E-state index in [-0.39, 0.29) is 41.6 Å². The third-order valence-corrected chi connectivity index (χ3v) is 8.14. The van der Waals surface area contributed by atoms with Gasteiger partial charge in [0, 0.05) is 63.4 Å². The van der Waals surface area contributed by atoms with Gasteiger partial charge in [-0.2, -0.15) is 15.3 Å². The molecule has 0 spiro atoms. The van der Waals surface area contributed by atoms with Crippen molar-refractivity contribution in [3.05, 3.63) is 54.5 Å². The maximum atomic E-state index is 12.3. The minimum atomic E-state index is -0.699. The minimum absolute atomic E-state index is 0.0249. The van der Waals surface area contributed by atoms with Crippen molar-refractivity contribution in [1.82, 2.24) is 29.5 Å². The van der Waals surface area contributed by atoms with Crippen LogP contribution in [0.25, 0.3) is 0 Å². The number of amides is 3.